The van der Waals surface area contributed by atoms with Crippen LogP contribution in [0.2, 0.25) is 0 Å². The van der Waals surface area contributed by atoms with Crippen LogP contribution in [0.5, 0.6) is 0 Å². The van der Waals surface area contributed by atoms with Crippen LogP contribution < -0.4 is 5.32 Å². The van der Waals surface area contributed by atoms with Gasteiger partial charge in [0.25, 0.3) is 0 Å². The lowest BCUT2D eigenvalue weighted by Crippen LogP contribution is -2.43. The highest BCUT2D eigenvalue weighted by Gasteiger charge is 2.28. The number of rotatable bonds is 6. The van der Waals surface area contributed by atoms with E-state index in [0.717, 1.165) is 44.5 Å². The molecule has 1 amide bonds. The van der Waals surface area contributed by atoms with Crippen molar-refractivity contribution in [2.24, 2.45) is 0 Å². The molecule has 2 N–H and O–H groups in total. The van der Waals surface area contributed by atoms with E-state index in [1.165, 1.54) is 0 Å². The van der Waals surface area contributed by atoms with Gasteiger partial charge in [-0.2, -0.15) is 5.26 Å². The number of aliphatic hydroxyl groups excluding tert-OH is 1. The molecule has 0 saturated carbocycles. The van der Waals surface area contributed by atoms with Crippen molar-refractivity contribution in [3.05, 3.63) is 12.3 Å². The van der Waals surface area contributed by atoms with Gasteiger partial charge in [0.05, 0.1) is 25.3 Å². The van der Waals surface area contributed by atoms with E-state index in [4.69, 9.17) is 5.26 Å². The number of hydrogen-bond donors (Lipinski definition) is 2. The van der Waals surface area contributed by atoms with Gasteiger partial charge in [0.2, 0.25) is 5.91 Å². The molecule has 2 aliphatic rings. The molecule has 0 bridgehead atoms. The molecule has 0 aromatic carbocycles. The van der Waals surface area contributed by atoms with Crippen molar-refractivity contribution in [2.75, 3.05) is 32.8 Å². The van der Waals surface area contributed by atoms with Crippen molar-refractivity contribution in [3.8, 4) is 6.07 Å². The van der Waals surface area contributed by atoms with Crippen LogP contribution in [-0.2, 0) is 4.79 Å². The molecular formula is C15H24N4O2. The van der Waals surface area contributed by atoms with Crippen LogP contribution in [-0.4, -0.2) is 65.7 Å². The third-order valence-corrected chi connectivity index (χ3v) is 4.32. The van der Waals surface area contributed by atoms with Crippen molar-refractivity contribution in [1.29, 1.82) is 5.26 Å². The molecule has 2 atom stereocenters. The Morgan fingerprint density at radius 1 is 1.29 bits per heavy atom. The summed E-state index contributed by atoms with van der Waals surface area (Å²) in [5.74, 6) is 0.0256. The molecule has 0 aromatic rings. The highest BCUT2D eigenvalue weighted by molar-refractivity contribution is 5.78. The van der Waals surface area contributed by atoms with E-state index in [2.05, 4.69) is 18.0 Å². The van der Waals surface area contributed by atoms with Crippen molar-refractivity contribution in [3.63, 3.8) is 0 Å². The highest BCUT2D eigenvalue weighted by Crippen LogP contribution is 2.20. The number of nitriles is 1. The average Bonchev–Trinajstić information content (AvgIpc) is 3.15. The van der Waals surface area contributed by atoms with E-state index in [1.807, 2.05) is 4.90 Å². The molecule has 6 nitrogen and oxygen atoms in total. The fraction of sp³-hybridized carbons (Fsp3) is 0.733. The zero-order valence-corrected chi connectivity index (χ0v) is 12.4. The fourth-order valence-corrected chi connectivity index (χ4v) is 3.15. The SMILES string of the molecule is C=C(CNCC(=O)N1CCC[C@H]1CO)N1CCC[C@H]1C#N. The fourth-order valence-electron chi connectivity index (χ4n) is 3.15. The summed E-state index contributed by atoms with van der Waals surface area (Å²) in [7, 11) is 0. The summed E-state index contributed by atoms with van der Waals surface area (Å²) < 4.78 is 0. The number of carbonyl (C=O) groups is 1. The van der Waals surface area contributed by atoms with Gasteiger partial charge in [0.15, 0.2) is 0 Å². The van der Waals surface area contributed by atoms with E-state index in [1.54, 1.807) is 4.90 Å². The predicted molar refractivity (Wildman–Crippen MR) is 79.2 cm³/mol. The Kier molecular flexibility index (Phi) is 5.59. The van der Waals surface area contributed by atoms with Crippen LogP contribution in [0.1, 0.15) is 25.7 Å². The van der Waals surface area contributed by atoms with Crippen molar-refractivity contribution in [2.45, 2.75) is 37.8 Å². The lowest BCUT2D eigenvalue weighted by atomic mass is 10.2. The Morgan fingerprint density at radius 2 is 2.00 bits per heavy atom. The van der Waals surface area contributed by atoms with Gasteiger partial charge in [0.1, 0.15) is 6.04 Å². The van der Waals surface area contributed by atoms with Gasteiger partial charge in [0, 0.05) is 25.3 Å². The molecule has 116 valence electrons. The van der Waals surface area contributed by atoms with Gasteiger partial charge in [-0.25, -0.2) is 0 Å². The molecule has 2 rings (SSSR count). The number of hydrogen-bond acceptors (Lipinski definition) is 5. The second-order valence-electron chi connectivity index (χ2n) is 5.72. The van der Waals surface area contributed by atoms with Gasteiger partial charge in [-0.05, 0) is 25.7 Å². The van der Waals surface area contributed by atoms with E-state index in [9.17, 15) is 9.90 Å². The minimum Gasteiger partial charge on any atom is -0.394 e. The van der Waals surface area contributed by atoms with Gasteiger partial charge in [-0.15, -0.1) is 0 Å². The molecule has 0 unspecified atom stereocenters. The molecular weight excluding hydrogens is 268 g/mol. The van der Waals surface area contributed by atoms with E-state index < -0.39 is 0 Å². The molecule has 2 heterocycles. The zero-order valence-electron chi connectivity index (χ0n) is 12.4. The molecule has 0 aliphatic carbocycles. The van der Waals surface area contributed by atoms with E-state index in [0.29, 0.717) is 6.54 Å². The van der Waals surface area contributed by atoms with Crippen molar-refractivity contribution < 1.29 is 9.90 Å². The van der Waals surface area contributed by atoms with Crippen LogP contribution in [0.4, 0.5) is 0 Å². The highest BCUT2D eigenvalue weighted by atomic mass is 16.3. The van der Waals surface area contributed by atoms with Crippen LogP contribution in [0.15, 0.2) is 12.3 Å². The summed E-state index contributed by atoms with van der Waals surface area (Å²) >= 11 is 0. The Bertz CT molecular complexity index is 432. The maximum atomic E-state index is 12.1. The summed E-state index contributed by atoms with van der Waals surface area (Å²) in [5, 5.41) is 21.4. The number of nitrogens with zero attached hydrogens (tertiary/aromatic N) is 3. The zero-order chi connectivity index (χ0) is 15.2. The quantitative estimate of drug-likeness (QED) is 0.724. The van der Waals surface area contributed by atoms with Crippen molar-refractivity contribution in [1.82, 2.24) is 15.1 Å². The summed E-state index contributed by atoms with van der Waals surface area (Å²) in [6, 6.07) is 2.19. The number of amides is 1. The minimum atomic E-state index is -0.0765. The number of carbonyl (C=O) groups excluding carboxylic acids is 1. The van der Waals surface area contributed by atoms with Gasteiger partial charge < -0.3 is 20.2 Å². The molecule has 0 aromatic heterocycles. The van der Waals surface area contributed by atoms with E-state index in [-0.39, 0.29) is 31.1 Å². The second kappa shape index (κ2) is 7.43. The maximum Gasteiger partial charge on any atom is 0.236 e. The smallest absolute Gasteiger partial charge is 0.236 e. The van der Waals surface area contributed by atoms with Crippen LogP contribution in [0, 0.1) is 11.3 Å². The monoisotopic (exact) mass is 292 g/mol. The Balaban J connectivity index is 1.73. The van der Waals surface area contributed by atoms with Gasteiger partial charge >= 0.3 is 0 Å². The number of nitrogens with one attached hydrogen (secondary N) is 1. The Labute approximate surface area is 126 Å². The van der Waals surface area contributed by atoms with Gasteiger partial charge in [-0.1, -0.05) is 6.58 Å². The largest absolute Gasteiger partial charge is 0.394 e. The summed E-state index contributed by atoms with van der Waals surface area (Å²) in [4.78, 5) is 15.9. The molecule has 0 spiro atoms. The predicted octanol–water partition coefficient (Wildman–Crippen LogP) is 0.0610. The first-order chi connectivity index (χ1) is 10.2. The number of aliphatic hydroxyl groups is 1. The summed E-state index contributed by atoms with van der Waals surface area (Å²) in [6.45, 7) is 6.41. The number of likely N-dealkylation sites (tertiary alicyclic amines) is 2. The molecule has 0 radical (unpaired) electrons. The molecule has 2 saturated heterocycles. The third-order valence-electron chi connectivity index (χ3n) is 4.32. The normalized spacial score (nSPS) is 25.1. The molecule has 2 fully saturated rings. The van der Waals surface area contributed by atoms with Crippen LogP contribution in [0.25, 0.3) is 0 Å². The average molecular weight is 292 g/mol. The van der Waals surface area contributed by atoms with E-state index >= 15 is 0 Å². The van der Waals surface area contributed by atoms with Crippen LogP contribution >= 0.6 is 0 Å². The van der Waals surface area contributed by atoms with Crippen LogP contribution in [0.3, 0.4) is 0 Å². The third kappa shape index (κ3) is 3.74. The molecule has 2 aliphatic heterocycles. The lowest BCUT2D eigenvalue weighted by molar-refractivity contribution is -0.131. The maximum absolute atomic E-state index is 12.1. The lowest BCUT2D eigenvalue weighted by Gasteiger charge is -2.26. The van der Waals surface area contributed by atoms with Gasteiger partial charge in [-0.3, -0.25) is 4.79 Å². The molecule has 6 heteroatoms. The first-order valence-electron chi connectivity index (χ1n) is 7.62. The topological polar surface area (TPSA) is 79.6 Å². The minimum absolute atomic E-state index is 0.0240. The molecule has 21 heavy (non-hydrogen) atoms. The first kappa shape index (κ1) is 15.8. The summed E-state index contributed by atoms with van der Waals surface area (Å²) in [6.07, 6.45) is 3.75. The Hall–Kier alpha value is -1.58. The second-order valence-corrected chi connectivity index (χ2v) is 5.72. The van der Waals surface area contributed by atoms with Crippen molar-refractivity contribution >= 4 is 5.91 Å². The standard InChI is InChI=1S/C15H24N4O2/c1-12(18-6-2-4-13(18)8-16)9-17-10-15(21)19-7-3-5-14(19)11-20/h13-14,17,20H,1-7,9-11H2/t13-,14-/m0/s1. The first-order valence-corrected chi connectivity index (χ1v) is 7.62. The Morgan fingerprint density at radius 3 is 2.71 bits per heavy atom. The summed E-state index contributed by atoms with van der Waals surface area (Å²) in [5.41, 5.74) is 0.868.